The summed E-state index contributed by atoms with van der Waals surface area (Å²) < 4.78 is 16.3. The Morgan fingerprint density at radius 3 is 2.62 bits per heavy atom. The molecule has 1 atom stereocenters. The van der Waals surface area contributed by atoms with Crippen LogP contribution in [-0.4, -0.2) is 37.7 Å². The number of benzene rings is 2. The third kappa shape index (κ3) is 5.07. The fourth-order valence-electron chi connectivity index (χ4n) is 2.63. The van der Waals surface area contributed by atoms with Gasteiger partial charge in [-0.25, -0.2) is 4.79 Å². The van der Waals surface area contributed by atoms with Crippen molar-refractivity contribution < 1.29 is 23.8 Å². The molecule has 6 nitrogen and oxygen atoms in total. The summed E-state index contributed by atoms with van der Waals surface area (Å²) in [5.41, 5.74) is 0.267. The van der Waals surface area contributed by atoms with Crippen molar-refractivity contribution in [2.75, 3.05) is 19.8 Å². The van der Waals surface area contributed by atoms with Crippen molar-refractivity contribution in [2.45, 2.75) is 18.9 Å². The first-order valence-electron chi connectivity index (χ1n) is 8.60. The van der Waals surface area contributed by atoms with Gasteiger partial charge < -0.3 is 19.5 Å². The van der Waals surface area contributed by atoms with E-state index in [0.29, 0.717) is 18.0 Å². The number of ether oxygens (including phenoxy) is 3. The van der Waals surface area contributed by atoms with Gasteiger partial charge in [0, 0.05) is 13.2 Å². The molecule has 0 spiro atoms. The van der Waals surface area contributed by atoms with E-state index in [1.54, 1.807) is 36.4 Å². The van der Waals surface area contributed by atoms with E-state index >= 15 is 0 Å². The van der Waals surface area contributed by atoms with Crippen LogP contribution in [0.15, 0.2) is 54.6 Å². The third-order valence-corrected chi connectivity index (χ3v) is 3.96. The van der Waals surface area contributed by atoms with Gasteiger partial charge in [-0.15, -0.1) is 0 Å². The van der Waals surface area contributed by atoms with E-state index in [9.17, 15) is 9.59 Å². The Hall–Kier alpha value is -2.86. The Morgan fingerprint density at radius 1 is 1.08 bits per heavy atom. The summed E-state index contributed by atoms with van der Waals surface area (Å²) >= 11 is 0. The fourth-order valence-corrected chi connectivity index (χ4v) is 2.63. The van der Waals surface area contributed by atoms with Crippen LogP contribution < -0.4 is 10.1 Å². The number of rotatable bonds is 7. The lowest BCUT2D eigenvalue weighted by Gasteiger charge is -2.12. The quantitative estimate of drug-likeness (QED) is 0.773. The van der Waals surface area contributed by atoms with Crippen LogP contribution >= 0.6 is 0 Å². The zero-order valence-electron chi connectivity index (χ0n) is 14.4. The van der Waals surface area contributed by atoms with Gasteiger partial charge in [0.25, 0.3) is 5.91 Å². The molecule has 0 unspecified atom stereocenters. The van der Waals surface area contributed by atoms with Crippen LogP contribution in [0, 0.1) is 0 Å². The van der Waals surface area contributed by atoms with E-state index in [-0.39, 0.29) is 24.2 Å². The number of hydrogen-bond donors (Lipinski definition) is 1. The molecular weight excluding hydrogens is 334 g/mol. The molecule has 0 bridgehead atoms. The molecule has 6 heteroatoms. The van der Waals surface area contributed by atoms with Gasteiger partial charge in [0.05, 0.1) is 6.10 Å². The molecule has 2 aromatic carbocycles. The average Bonchev–Trinajstić information content (AvgIpc) is 3.19. The number of para-hydroxylation sites is 2. The molecule has 0 saturated carbocycles. The summed E-state index contributed by atoms with van der Waals surface area (Å²) in [4.78, 5) is 24.2. The van der Waals surface area contributed by atoms with Crippen LogP contribution in [0.1, 0.15) is 23.2 Å². The second-order valence-corrected chi connectivity index (χ2v) is 5.93. The predicted molar refractivity (Wildman–Crippen MR) is 95.2 cm³/mol. The van der Waals surface area contributed by atoms with Crippen molar-refractivity contribution >= 4 is 11.9 Å². The summed E-state index contributed by atoms with van der Waals surface area (Å²) in [7, 11) is 0. The lowest BCUT2D eigenvalue weighted by Crippen LogP contribution is -2.34. The van der Waals surface area contributed by atoms with Crippen LogP contribution in [0.3, 0.4) is 0 Å². The highest BCUT2D eigenvalue weighted by molar-refractivity contribution is 5.94. The Bertz CT molecular complexity index is 741. The van der Waals surface area contributed by atoms with Gasteiger partial charge in [-0.05, 0) is 37.1 Å². The molecule has 1 aliphatic heterocycles. The maximum Gasteiger partial charge on any atom is 0.342 e. The van der Waals surface area contributed by atoms with E-state index in [1.807, 2.05) is 18.2 Å². The first-order valence-corrected chi connectivity index (χ1v) is 8.60. The van der Waals surface area contributed by atoms with Crippen LogP contribution in [0.4, 0.5) is 0 Å². The molecule has 1 fully saturated rings. The highest BCUT2D eigenvalue weighted by Crippen LogP contribution is 2.25. The van der Waals surface area contributed by atoms with Crippen molar-refractivity contribution in [3.63, 3.8) is 0 Å². The zero-order valence-corrected chi connectivity index (χ0v) is 14.4. The van der Waals surface area contributed by atoms with Gasteiger partial charge >= 0.3 is 5.97 Å². The van der Waals surface area contributed by atoms with Crippen molar-refractivity contribution in [1.82, 2.24) is 5.32 Å². The largest absolute Gasteiger partial charge is 0.456 e. The van der Waals surface area contributed by atoms with E-state index in [2.05, 4.69) is 5.32 Å². The molecule has 1 aliphatic rings. The van der Waals surface area contributed by atoms with Crippen LogP contribution in [0.5, 0.6) is 11.5 Å². The molecule has 26 heavy (non-hydrogen) atoms. The van der Waals surface area contributed by atoms with Crippen molar-refractivity contribution in [3.05, 3.63) is 60.2 Å². The van der Waals surface area contributed by atoms with E-state index in [4.69, 9.17) is 14.2 Å². The van der Waals surface area contributed by atoms with Gasteiger partial charge in [-0.1, -0.05) is 30.3 Å². The highest BCUT2D eigenvalue weighted by Gasteiger charge is 2.18. The number of carbonyl (C=O) groups is 2. The summed E-state index contributed by atoms with van der Waals surface area (Å²) in [5.74, 6) is 0.0321. The first-order chi connectivity index (χ1) is 12.7. The van der Waals surface area contributed by atoms with Gasteiger partial charge in [0.2, 0.25) is 0 Å². The highest BCUT2D eigenvalue weighted by atomic mass is 16.5. The molecule has 0 aromatic heterocycles. The standard InChI is InChI=1S/C20H21NO5/c22-19(21-13-16-9-6-12-24-16)14-25-20(23)17-10-4-5-11-18(17)26-15-7-2-1-3-8-15/h1-5,7-8,10-11,16H,6,9,12-14H2,(H,21,22)/t16-/m1/s1. The van der Waals surface area contributed by atoms with Crippen LogP contribution in [-0.2, 0) is 14.3 Å². The predicted octanol–water partition coefficient (Wildman–Crippen LogP) is 2.93. The summed E-state index contributed by atoms with van der Waals surface area (Å²) in [6.07, 6.45) is 1.99. The van der Waals surface area contributed by atoms with E-state index in [1.165, 1.54) is 0 Å². The second kappa shape index (κ2) is 9.01. The molecule has 2 aromatic rings. The van der Waals surface area contributed by atoms with Crippen molar-refractivity contribution in [3.8, 4) is 11.5 Å². The van der Waals surface area contributed by atoms with Gasteiger partial charge in [0.15, 0.2) is 6.61 Å². The number of nitrogens with one attached hydrogen (secondary N) is 1. The maximum atomic E-state index is 12.3. The van der Waals surface area contributed by atoms with Crippen molar-refractivity contribution in [1.29, 1.82) is 0 Å². The minimum atomic E-state index is -0.608. The SMILES string of the molecule is O=C(COC(=O)c1ccccc1Oc1ccccc1)NC[C@H]1CCCO1. The molecular formula is C20H21NO5. The first kappa shape index (κ1) is 17.9. The van der Waals surface area contributed by atoms with Crippen LogP contribution in [0.25, 0.3) is 0 Å². The second-order valence-electron chi connectivity index (χ2n) is 5.93. The average molecular weight is 355 g/mol. The number of carbonyl (C=O) groups excluding carboxylic acids is 2. The molecule has 1 heterocycles. The summed E-state index contributed by atoms with van der Waals surface area (Å²) in [5, 5.41) is 2.71. The van der Waals surface area contributed by atoms with E-state index < -0.39 is 5.97 Å². The van der Waals surface area contributed by atoms with Gasteiger partial charge in [-0.2, -0.15) is 0 Å². The maximum absolute atomic E-state index is 12.3. The number of hydrogen-bond acceptors (Lipinski definition) is 5. The lowest BCUT2D eigenvalue weighted by atomic mass is 10.2. The molecule has 1 N–H and O–H groups in total. The smallest absolute Gasteiger partial charge is 0.342 e. The number of amides is 1. The molecule has 0 radical (unpaired) electrons. The number of esters is 1. The van der Waals surface area contributed by atoms with Crippen LogP contribution in [0.2, 0.25) is 0 Å². The Balaban J connectivity index is 1.53. The Morgan fingerprint density at radius 2 is 1.85 bits per heavy atom. The molecule has 3 rings (SSSR count). The molecule has 1 saturated heterocycles. The topological polar surface area (TPSA) is 73.9 Å². The summed E-state index contributed by atoms with van der Waals surface area (Å²) in [6.45, 7) is 0.822. The van der Waals surface area contributed by atoms with Crippen molar-refractivity contribution in [2.24, 2.45) is 0 Å². The van der Waals surface area contributed by atoms with Gasteiger partial charge in [0.1, 0.15) is 17.1 Å². The Labute approximate surface area is 152 Å². The fraction of sp³-hybridized carbons (Fsp3) is 0.300. The lowest BCUT2D eigenvalue weighted by molar-refractivity contribution is -0.124. The summed E-state index contributed by atoms with van der Waals surface area (Å²) in [6, 6.07) is 15.9. The molecule has 0 aliphatic carbocycles. The van der Waals surface area contributed by atoms with E-state index in [0.717, 1.165) is 19.4 Å². The normalized spacial score (nSPS) is 16.1. The van der Waals surface area contributed by atoms with Gasteiger partial charge in [-0.3, -0.25) is 4.79 Å². The molecule has 1 amide bonds. The minimum absolute atomic E-state index is 0.0506. The Kier molecular flexibility index (Phi) is 6.22. The molecule has 136 valence electrons. The third-order valence-electron chi connectivity index (χ3n) is 3.96. The monoisotopic (exact) mass is 355 g/mol. The minimum Gasteiger partial charge on any atom is -0.456 e. The zero-order chi connectivity index (χ0) is 18.2.